The van der Waals surface area contributed by atoms with Crippen molar-refractivity contribution in [1.82, 2.24) is 19.9 Å². The Kier molecular flexibility index (Phi) is 4.06. The molecule has 6 heteroatoms. The lowest BCUT2D eigenvalue weighted by atomic mass is 10.0. The van der Waals surface area contributed by atoms with E-state index in [0.29, 0.717) is 33.5 Å². The molecule has 0 atom stereocenters. The summed E-state index contributed by atoms with van der Waals surface area (Å²) in [6, 6.07) is 11.5. The van der Waals surface area contributed by atoms with E-state index < -0.39 is 0 Å². The molecule has 6 nitrogen and oxygen atoms in total. The molecule has 0 saturated carbocycles. The maximum atomic E-state index is 12.4. The van der Waals surface area contributed by atoms with Crippen LogP contribution in [0.5, 0.6) is 0 Å². The summed E-state index contributed by atoms with van der Waals surface area (Å²) in [7, 11) is 0. The molecular formula is C24H18N4O2. The molecule has 0 fully saturated rings. The Balaban J connectivity index is 1.94. The van der Waals surface area contributed by atoms with Crippen LogP contribution in [-0.4, -0.2) is 31.5 Å². The molecule has 30 heavy (non-hydrogen) atoms. The van der Waals surface area contributed by atoms with Crippen molar-refractivity contribution < 1.29 is 9.59 Å². The molecule has 0 aromatic carbocycles. The number of aromatic amines is 2. The van der Waals surface area contributed by atoms with Crippen LogP contribution in [0.3, 0.4) is 0 Å². The van der Waals surface area contributed by atoms with Crippen LogP contribution in [0.1, 0.15) is 57.3 Å². The lowest BCUT2D eigenvalue weighted by Crippen LogP contribution is -2.01. The Bertz CT molecular complexity index is 1350. The molecule has 146 valence electrons. The third-order valence-electron chi connectivity index (χ3n) is 5.05. The molecular weight excluding hydrogens is 376 g/mol. The summed E-state index contributed by atoms with van der Waals surface area (Å²) in [6.07, 6.45) is 7.58. The first kappa shape index (κ1) is 18.0. The minimum atomic E-state index is -0.179. The zero-order chi connectivity index (χ0) is 20.8. The molecule has 2 N–H and O–H groups in total. The summed E-state index contributed by atoms with van der Waals surface area (Å²) in [4.78, 5) is 40.6. The minimum Gasteiger partial charge on any atom is -0.355 e. The Morgan fingerprint density at radius 3 is 1.43 bits per heavy atom. The van der Waals surface area contributed by atoms with Gasteiger partial charge in [-0.15, -0.1) is 0 Å². The van der Waals surface area contributed by atoms with Gasteiger partial charge in [-0.2, -0.15) is 0 Å². The smallest absolute Gasteiger partial charge is 0.162 e. The Morgan fingerprint density at radius 2 is 1.03 bits per heavy atom. The molecule has 8 bridgehead atoms. The number of carbonyl (C=O) groups excluding carboxylic acids is 2. The highest BCUT2D eigenvalue weighted by molar-refractivity contribution is 6.16. The monoisotopic (exact) mass is 394 g/mol. The van der Waals surface area contributed by atoms with Gasteiger partial charge in [0.25, 0.3) is 0 Å². The van der Waals surface area contributed by atoms with Gasteiger partial charge in [0.1, 0.15) is 0 Å². The van der Waals surface area contributed by atoms with Gasteiger partial charge in [0.05, 0.1) is 44.9 Å². The molecule has 3 aromatic heterocycles. The lowest BCUT2D eigenvalue weighted by molar-refractivity contribution is 0.0983. The number of rotatable bonds is 2. The van der Waals surface area contributed by atoms with E-state index >= 15 is 0 Å². The number of hydrogen-bond acceptors (Lipinski definition) is 4. The summed E-state index contributed by atoms with van der Waals surface area (Å²) in [5.74, 6) is -0.358. The summed E-state index contributed by atoms with van der Waals surface area (Å²) in [5, 5.41) is 0. The van der Waals surface area contributed by atoms with E-state index in [1.165, 1.54) is 13.8 Å². The maximum Gasteiger partial charge on any atom is 0.162 e. The number of nitrogens with one attached hydrogen (secondary N) is 2. The van der Waals surface area contributed by atoms with Crippen molar-refractivity contribution in [3.05, 3.63) is 70.3 Å². The Morgan fingerprint density at radius 1 is 0.633 bits per heavy atom. The van der Waals surface area contributed by atoms with Gasteiger partial charge in [-0.05, 0) is 74.5 Å². The van der Waals surface area contributed by atoms with E-state index in [-0.39, 0.29) is 11.6 Å². The zero-order valence-corrected chi connectivity index (χ0v) is 16.5. The van der Waals surface area contributed by atoms with Crippen LogP contribution >= 0.6 is 0 Å². The fraction of sp³-hybridized carbons (Fsp3) is 0.0833. The number of hydrogen-bond donors (Lipinski definition) is 2. The van der Waals surface area contributed by atoms with Crippen LogP contribution in [0.2, 0.25) is 0 Å². The van der Waals surface area contributed by atoms with Gasteiger partial charge in [0, 0.05) is 11.0 Å². The largest absolute Gasteiger partial charge is 0.355 e. The molecule has 0 amide bonds. The van der Waals surface area contributed by atoms with E-state index in [1.54, 1.807) is 12.1 Å². The average molecular weight is 394 g/mol. The van der Waals surface area contributed by atoms with Gasteiger partial charge < -0.3 is 9.97 Å². The van der Waals surface area contributed by atoms with Gasteiger partial charge in [-0.25, -0.2) is 9.97 Å². The molecule has 5 rings (SSSR count). The van der Waals surface area contributed by atoms with Gasteiger partial charge in [-0.3, -0.25) is 9.59 Å². The fourth-order valence-electron chi connectivity index (χ4n) is 3.81. The quantitative estimate of drug-likeness (QED) is 0.409. The third-order valence-corrected chi connectivity index (χ3v) is 5.05. The minimum absolute atomic E-state index is 0.179. The second-order valence-electron chi connectivity index (χ2n) is 7.35. The highest BCUT2D eigenvalue weighted by atomic mass is 16.1. The maximum absolute atomic E-state index is 12.4. The normalized spacial score (nSPS) is 12.3. The average Bonchev–Trinajstić information content (AvgIpc) is 3.44. The van der Waals surface area contributed by atoms with Gasteiger partial charge in [0.15, 0.2) is 11.6 Å². The first-order valence-electron chi connectivity index (χ1n) is 9.59. The number of H-pyrrole nitrogens is 2. The predicted molar refractivity (Wildman–Crippen MR) is 119 cm³/mol. The summed E-state index contributed by atoms with van der Waals surface area (Å²) < 4.78 is 0. The topological polar surface area (TPSA) is 91.5 Å². The van der Waals surface area contributed by atoms with Crippen molar-refractivity contribution in [2.24, 2.45) is 0 Å². The molecule has 0 aliphatic carbocycles. The van der Waals surface area contributed by atoms with Crippen LogP contribution in [0.15, 0.2) is 36.4 Å². The second kappa shape index (κ2) is 6.77. The molecule has 0 unspecified atom stereocenters. The fourth-order valence-corrected chi connectivity index (χ4v) is 3.81. The summed E-state index contributed by atoms with van der Waals surface area (Å²) in [5.41, 5.74) is 6.74. The standard InChI is InChI=1S/C24H18N4O2/c1-13(29)23-21-11-19-7-5-17(26-19)9-15-3-4-16(25-15)10-18-6-8-20(27-18)12-22(28-21)24(23)14(2)30/h3-12,25,28H,1-2H3. The molecule has 0 spiro atoms. The number of aromatic nitrogens is 4. The highest BCUT2D eigenvalue weighted by Gasteiger charge is 2.19. The number of ketones is 2. The van der Waals surface area contributed by atoms with Crippen molar-refractivity contribution in [2.45, 2.75) is 13.8 Å². The predicted octanol–water partition coefficient (Wildman–Crippen LogP) is 5.06. The molecule has 0 saturated heterocycles. The van der Waals surface area contributed by atoms with E-state index in [9.17, 15) is 9.59 Å². The number of Topliss-reactive ketones (excluding diaryl/α,β-unsaturated/α-hetero) is 2. The Hall–Kier alpha value is -4.06. The molecule has 0 radical (unpaired) electrons. The van der Waals surface area contributed by atoms with Gasteiger partial charge in [-0.1, -0.05) is 0 Å². The molecule has 2 aliphatic rings. The summed E-state index contributed by atoms with van der Waals surface area (Å²) in [6.45, 7) is 2.93. The first-order valence-corrected chi connectivity index (χ1v) is 9.59. The molecule has 5 heterocycles. The molecule has 2 aliphatic heterocycles. The van der Waals surface area contributed by atoms with Crippen molar-refractivity contribution >= 4 is 57.9 Å². The van der Waals surface area contributed by atoms with Crippen LogP contribution in [-0.2, 0) is 0 Å². The van der Waals surface area contributed by atoms with E-state index in [0.717, 1.165) is 22.4 Å². The number of nitrogens with zero attached hydrogens (tertiary/aromatic N) is 2. The van der Waals surface area contributed by atoms with E-state index in [2.05, 4.69) is 19.9 Å². The zero-order valence-electron chi connectivity index (χ0n) is 16.5. The Labute approximate surface area is 172 Å². The van der Waals surface area contributed by atoms with Crippen LogP contribution < -0.4 is 0 Å². The number of carbonyl (C=O) groups is 2. The van der Waals surface area contributed by atoms with Crippen molar-refractivity contribution in [3.8, 4) is 0 Å². The SMILES string of the molecule is CC(=O)c1c(C(C)=O)c2cc3nc(cc4ccc(cc5nc(cc1[nH]2)C=C5)[nH]4)C=C3. The van der Waals surface area contributed by atoms with Crippen LogP contribution in [0.4, 0.5) is 0 Å². The van der Waals surface area contributed by atoms with Crippen LogP contribution in [0.25, 0.3) is 46.4 Å². The first-order chi connectivity index (χ1) is 14.5. The second-order valence-corrected chi connectivity index (χ2v) is 7.35. The van der Waals surface area contributed by atoms with Gasteiger partial charge >= 0.3 is 0 Å². The van der Waals surface area contributed by atoms with Gasteiger partial charge in [0.2, 0.25) is 0 Å². The van der Waals surface area contributed by atoms with Crippen molar-refractivity contribution in [1.29, 1.82) is 0 Å². The molecule has 3 aromatic rings. The van der Waals surface area contributed by atoms with Crippen molar-refractivity contribution in [3.63, 3.8) is 0 Å². The van der Waals surface area contributed by atoms with E-state index in [4.69, 9.17) is 0 Å². The van der Waals surface area contributed by atoms with E-state index in [1.807, 2.05) is 48.6 Å². The lowest BCUT2D eigenvalue weighted by Gasteiger charge is -1.96. The third kappa shape index (κ3) is 3.18. The highest BCUT2D eigenvalue weighted by Crippen LogP contribution is 2.25. The van der Waals surface area contributed by atoms with Crippen molar-refractivity contribution in [2.75, 3.05) is 0 Å². The van der Waals surface area contributed by atoms with Crippen LogP contribution in [0, 0.1) is 0 Å². The number of fused-ring (bicyclic) bond motifs is 8. The summed E-state index contributed by atoms with van der Waals surface area (Å²) >= 11 is 0.